The number of methoxy groups -OCH3 is 2. The van der Waals surface area contributed by atoms with Gasteiger partial charge in [0, 0.05) is 61.6 Å². The molecule has 0 bridgehead atoms. The normalized spacial score (nSPS) is 15.2. The number of anilines is 1. The largest absolute Gasteiger partial charge is 0.496 e. The predicted octanol–water partition coefficient (Wildman–Crippen LogP) is 2.86. The first-order valence-electron chi connectivity index (χ1n) is 10.2. The van der Waals surface area contributed by atoms with Gasteiger partial charge < -0.3 is 24.4 Å². The molecule has 0 atom stereocenters. The van der Waals surface area contributed by atoms with Gasteiger partial charge >= 0.3 is 0 Å². The lowest BCUT2D eigenvalue weighted by atomic mass is 9.99. The van der Waals surface area contributed by atoms with E-state index in [1.165, 1.54) is 0 Å². The number of amides is 1. The molecule has 1 saturated heterocycles. The van der Waals surface area contributed by atoms with Crippen LogP contribution in [-0.2, 0) is 15.9 Å². The van der Waals surface area contributed by atoms with Crippen molar-refractivity contribution < 1.29 is 19.0 Å². The third-order valence-corrected chi connectivity index (χ3v) is 5.44. The fourth-order valence-electron chi connectivity index (χ4n) is 3.87. The second-order valence-corrected chi connectivity index (χ2v) is 7.25. The van der Waals surface area contributed by atoms with Crippen molar-refractivity contribution in [1.29, 1.82) is 0 Å². The summed E-state index contributed by atoms with van der Waals surface area (Å²) in [6.45, 7) is 3.65. The summed E-state index contributed by atoms with van der Waals surface area (Å²) in [5, 5.41) is 3.49. The molecule has 0 unspecified atom stereocenters. The molecule has 1 amide bonds. The van der Waals surface area contributed by atoms with Crippen LogP contribution in [0.5, 0.6) is 5.75 Å². The van der Waals surface area contributed by atoms with E-state index < -0.39 is 0 Å². The SMILES string of the molecule is COCCNc1c(-c2ccc(C(=O)N3CCOCC3)cc2OC)cnc2c1C=CC2. The monoisotopic (exact) mass is 409 g/mol. The number of aromatic nitrogens is 1. The van der Waals surface area contributed by atoms with Crippen molar-refractivity contribution in [3.63, 3.8) is 0 Å². The molecule has 2 heterocycles. The molecular weight excluding hydrogens is 382 g/mol. The van der Waals surface area contributed by atoms with Crippen LogP contribution < -0.4 is 10.1 Å². The Labute approximate surface area is 176 Å². The van der Waals surface area contributed by atoms with Crippen LogP contribution in [-0.4, -0.2) is 69.5 Å². The number of allylic oxidation sites excluding steroid dienone is 1. The Morgan fingerprint density at radius 3 is 2.83 bits per heavy atom. The molecule has 0 spiro atoms. The van der Waals surface area contributed by atoms with E-state index in [-0.39, 0.29) is 5.91 Å². The van der Waals surface area contributed by atoms with Crippen LogP contribution in [0, 0.1) is 0 Å². The van der Waals surface area contributed by atoms with Gasteiger partial charge in [-0.05, 0) is 18.2 Å². The summed E-state index contributed by atoms with van der Waals surface area (Å²) in [5.74, 6) is 0.643. The number of ether oxygens (including phenoxy) is 3. The van der Waals surface area contributed by atoms with E-state index in [4.69, 9.17) is 14.2 Å². The topological polar surface area (TPSA) is 72.9 Å². The van der Waals surface area contributed by atoms with E-state index >= 15 is 0 Å². The molecule has 30 heavy (non-hydrogen) atoms. The van der Waals surface area contributed by atoms with E-state index in [9.17, 15) is 4.79 Å². The van der Waals surface area contributed by atoms with Crippen molar-refractivity contribution in [2.45, 2.75) is 6.42 Å². The number of nitrogens with one attached hydrogen (secondary N) is 1. The summed E-state index contributed by atoms with van der Waals surface area (Å²) in [4.78, 5) is 19.3. The Morgan fingerprint density at radius 1 is 1.23 bits per heavy atom. The zero-order chi connectivity index (χ0) is 20.9. The van der Waals surface area contributed by atoms with Gasteiger partial charge in [0.05, 0.1) is 38.3 Å². The first-order chi connectivity index (χ1) is 14.7. The highest BCUT2D eigenvalue weighted by atomic mass is 16.5. The Kier molecular flexibility index (Phi) is 6.30. The van der Waals surface area contributed by atoms with Gasteiger partial charge in [-0.3, -0.25) is 9.78 Å². The third kappa shape index (κ3) is 4.04. The minimum absolute atomic E-state index is 0.00314. The van der Waals surface area contributed by atoms with Crippen LogP contribution in [0.1, 0.15) is 21.6 Å². The Morgan fingerprint density at radius 2 is 2.07 bits per heavy atom. The molecular formula is C23H27N3O4. The third-order valence-electron chi connectivity index (χ3n) is 5.44. The average molecular weight is 409 g/mol. The first-order valence-corrected chi connectivity index (χ1v) is 10.2. The number of hydrogen-bond donors (Lipinski definition) is 1. The van der Waals surface area contributed by atoms with Crippen LogP contribution in [0.25, 0.3) is 17.2 Å². The van der Waals surface area contributed by atoms with Gasteiger partial charge in [0.2, 0.25) is 0 Å². The molecule has 0 radical (unpaired) electrons. The van der Waals surface area contributed by atoms with Gasteiger partial charge in [0.1, 0.15) is 5.75 Å². The zero-order valence-corrected chi connectivity index (χ0v) is 17.4. The molecule has 158 valence electrons. The summed E-state index contributed by atoms with van der Waals surface area (Å²) in [6.07, 6.45) is 6.93. The second-order valence-electron chi connectivity index (χ2n) is 7.25. The minimum Gasteiger partial charge on any atom is -0.496 e. The Balaban J connectivity index is 1.70. The van der Waals surface area contributed by atoms with Crippen LogP contribution in [0.4, 0.5) is 5.69 Å². The van der Waals surface area contributed by atoms with Crippen LogP contribution in [0.15, 0.2) is 30.5 Å². The zero-order valence-electron chi connectivity index (χ0n) is 17.4. The summed E-state index contributed by atoms with van der Waals surface area (Å²) < 4.78 is 16.2. The van der Waals surface area contributed by atoms with Crippen molar-refractivity contribution in [2.24, 2.45) is 0 Å². The van der Waals surface area contributed by atoms with E-state index in [1.807, 2.05) is 29.3 Å². The molecule has 0 saturated carbocycles. The molecule has 1 aromatic carbocycles. The van der Waals surface area contributed by atoms with Crippen molar-refractivity contribution in [3.8, 4) is 16.9 Å². The molecule has 7 heteroatoms. The fraction of sp³-hybridized carbons (Fsp3) is 0.391. The van der Waals surface area contributed by atoms with E-state index in [0.717, 1.165) is 34.5 Å². The molecule has 2 aromatic rings. The molecule has 1 fully saturated rings. The number of carbonyl (C=O) groups is 1. The van der Waals surface area contributed by atoms with Gasteiger partial charge in [0.15, 0.2) is 0 Å². The molecule has 2 aliphatic rings. The number of carbonyl (C=O) groups excluding carboxylic acids is 1. The lowest BCUT2D eigenvalue weighted by Crippen LogP contribution is -2.40. The number of nitrogens with zero attached hydrogens (tertiary/aromatic N) is 2. The molecule has 1 aromatic heterocycles. The van der Waals surface area contributed by atoms with E-state index in [1.54, 1.807) is 14.2 Å². The van der Waals surface area contributed by atoms with Crippen LogP contribution >= 0.6 is 0 Å². The van der Waals surface area contributed by atoms with E-state index in [0.29, 0.717) is 50.8 Å². The quantitative estimate of drug-likeness (QED) is 0.709. The first kappa shape index (κ1) is 20.4. The number of benzene rings is 1. The molecule has 7 nitrogen and oxygen atoms in total. The van der Waals surface area contributed by atoms with Crippen molar-refractivity contribution in [3.05, 3.63) is 47.3 Å². The standard InChI is InChI=1S/C23H27N3O4/c1-28-11-8-24-22-18-4-3-5-20(18)25-15-19(22)17-7-6-16(14-21(17)29-2)23(27)26-9-12-30-13-10-26/h3-4,6-7,14-15H,5,8-13H2,1-2H3,(H,24,25). The maximum Gasteiger partial charge on any atom is 0.254 e. The molecule has 1 aliphatic heterocycles. The summed E-state index contributed by atoms with van der Waals surface area (Å²) >= 11 is 0. The minimum atomic E-state index is -0.00314. The van der Waals surface area contributed by atoms with Gasteiger partial charge in [-0.2, -0.15) is 0 Å². The Bertz CT molecular complexity index is 952. The maximum absolute atomic E-state index is 12.9. The van der Waals surface area contributed by atoms with Gasteiger partial charge in [-0.15, -0.1) is 0 Å². The molecule has 4 rings (SSSR count). The van der Waals surface area contributed by atoms with Crippen molar-refractivity contribution in [1.82, 2.24) is 9.88 Å². The fourth-order valence-corrected chi connectivity index (χ4v) is 3.87. The summed E-state index contributed by atoms with van der Waals surface area (Å²) in [5.41, 5.74) is 5.61. The van der Waals surface area contributed by atoms with Crippen LogP contribution in [0.2, 0.25) is 0 Å². The van der Waals surface area contributed by atoms with Gasteiger partial charge in [-0.1, -0.05) is 12.2 Å². The second kappa shape index (κ2) is 9.28. The van der Waals surface area contributed by atoms with Crippen LogP contribution in [0.3, 0.4) is 0 Å². The number of fused-ring (bicyclic) bond motifs is 1. The molecule has 1 aliphatic carbocycles. The highest BCUT2D eigenvalue weighted by molar-refractivity contribution is 5.96. The average Bonchev–Trinajstić information content (AvgIpc) is 3.28. The number of rotatable bonds is 7. The van der Waals surface area contributed by atoms with Gasteiger partial charge in [-0.25, -0.2) is 0 Å². The number of hydrogen-bond acceptors (Lipinski definition) is 6. The summed E-state index contributed by atoms with van der Waals surface area (Å²) in [6, 6.07) is 5.61. The molecule has 1 N–H and O–H groups in total. The Hall–Kier alpha value is -2.90. The number of pyridine rings is 1. The van der Waals surface area contributed by atoms with Crippen molar-refractivity contribution >= 4 is 17.7 Å². The maximum atomic E-state index is 12.9. The summed E-state index contributed by atoms with van der Waals surface area (Å²) in [7, 11) is 3.31. The van der Waals surface area contributed by atoms with Crippen molar-refractivity contribution in [2.75, 3.05) is 59.0 Å². The highest BCUT2D eigenvalue weighted by Crippen LogP contribution is 2.39. The lowest BCUT2D eigenvalue weighted by Gasteiger charge is -2.27. The predicted molar refractivity (Wildman–Crippen MR) is 116 cm³/mol. The highest BCUT2D eigenvalue weighted by Gasteiger charge is 2.22. The lowest BCUT2D eigenvalue weighted by molar-refractivity contribution is 0.0302. The van der Waals surface area contributed by atoms with E-state index in [2.05, 4.69) is 22.5 Å². The number of morpholine rings is 1. The smallest absolute Gasteiger partial charge is 0.254 e. The van der Waals surface area contributed by atoms with Gasteiger partial charge in [0.25, 0.3) is 5.91 Å².